The summed E-state index contributed by atoms with van der Waals surface area (Å²) in [6.45, 7) is 7.53. The van der Waals surface area contributed by atoms with E-state index in [9.17, 15) is 8.42 Å². The van der Waals surface area contributed by atoms with Crippen LogP contribution in [0.2, 0.25) is 0 Å². The van der Waals surface area contributed by atoms with Crippen LogP contribution >= 0.6 is 0 Å². The summed E-state index contributed by atoms with van der Waals surface area (Å²) in [5.74, 6) is 0.185. The molecule has 0 saturated heterocycles. The van der Waals surface area contributed by atoms with Crippen LogP contribution in [-0.2, 0) is 23.1 Å². The van der Waals surface area contributed by atoms with E-state index >= 15 is 0 Å². The smallest absolute Gasteiger partial charge is 0.282 e. The van der Waals surface area contributed by atoms with Gasteiger partial charge in [-0.05, 0) is 36.1 Å². The first kappa shape index (κ1) is 22.9. The average Bonchev–Trinajstić information content (AvgIpc) is 2.75. The van der Waals surface area contributed by atoms with Gasteiger partial charge >= 0.3 is 0 Å². The maximum atomic E-state index is 12.8. The maximum absolute atomic E-state index is 12.8. The van der Waals surface area contributed by atoms with Gasteiger partial charge in [-0.25, -0.2) is 0 Å². The fourth-order valence-electron chi connectivity index (χ4n) is 3.50. The Labute approximate surface area is 186 Å². The fraction of sp³-hybridized carbons (Fsp3) is 0.269. The Morgan fingerprint density at radius 1 is 0.806 bits per heavy atom. The first-order valence-electron chi connectivity index (χ1n) is 10.5. The molecule has 31 heavy (non-hydrogen) atoms. The zero-order chi connectivity index (χ0) is 22.3. The van der Waals surface area contributed by atoms with Crippen LogP contribution in [0.25, 0.3) is 0 Å². The lowest BCUT2D eigenvalue weighted by Gasteiger charge is -2.32. The first-order chi connectivity index (χ1) is 14.8. The minimum atomic E-state index is -3.74. The molecule has 0 aliphatic carbocycles. The predicted octanol–water partition coefficient (Wildman–Crippen LogP) is 5.48. The van der Waals surface area contributed by atoms with Crippen molar-refractivity contribution < 1.29 is 8.42 Å². The lowest BCUT2D eigenvalue weighted by atomic mass is 10.0. The number of rotatable bonds is 9. The van der Waals surface area contributed by atoms with Gasteiger partial charge in [-0.15, -0.1) is 0 Å². The molecular weight excluding hydrogens is 404 g/mol. The highest BCUT2D eigenvalue weighted by atomic mass is 32.2. The molecule has 0 bridgehead atoms. The molecule has 0 fully saturated rings. The maximum Gasteiger partial charge on any atom is 0.282 e. The summed E-state index contributed by atoms with van der Waals surface area (Å²) in [6.07, 6.45) is 1.60. The van der Waals surface area contributed by atoms with Crippen LogP contribution < -0.4 is 0 Å². The summed E-state index contributed by atoms with van der Waals surface area (Å²) < 4.78 is 29.7. The van der Waals surface area contributed by atoms with Gasteiger partial charge in [0.25, 0.3) is 10.0 Å². The molecule has 0 amide bonds. The highest BCUT2D eigenvalue weighted by molar-refractivity contribution is 7.90. The van der Waals surface area contributed by atoms with Crippen LogP contribution in [0.3, 0.4) is 0 Å². The lowest BCUT2D eigenvalue weighted by molar-refractivity contribution is 0.190. The lowest BCUT2D eigenvalue weighted by Crippen LogP contribution is -2.39. The monoisotopic (exact) mass is 434 g/mol. The molecule has 0 N–H and O–H groups in total. The normalized spacial score (nSPS) is 13.2. The average molecular weight is 435 g/mol. The SMILES string of the molecule is Cc1ccc(S(=O)(=O)/N=C/[C@H](C(C)C)N(Cc2ccccc2)Cc2ccccc2)cc1. The molecule has 3 aromatic rings. The second kappa shape index (κ2) is 10.5. The van der Waals surface area contributed by atoms with Crippen molar-refractivity contribution in [2.75, 3.05) is 0 Å². The van der Waals surface area contributed by atoms with Gasteiger partial charge in [-0.1, -0.05) is 92.2 Å². The summed E-state index contributed by atoms with van der Waals surface area (Å²) in [6, 6.07) is 27.1. The van der Waals surface area contributed by atoms with Crippen molar-refractivity contribution in [3.05, 3.63) is 102 Å². The first-order valence-corrected chi connectivity index (χ1v) is 12.0. The van der Waals surface area contributed by atoms with E-state index in [1.165, 1.54) is 11.1 Å². The van der Waals surface area contributed by atoms with Crippen molar-refractivity contribution in [1.29, 1.82) is 0 Å². The minimum absolute atomic E-state index is 0.138. The molecule has 4 nitrogen and oxygen atoms in total. The highest BCUT2D eigenvalue weighted by Crippen LogP contribution is 2.19. The van der Waals surface area contributed by atoms with Gasteiger partial charge in [0.2, 0.25) is 0 Å². The second-order valence-corrected chi connectivity index (χ2v) is 9.79. The van der Waals surface area contributed by atoms with Crippen LogP contribution in [0.5, 0.6) is 0 Å². The molecule has 0 spiro atoms. The topological polar surface area (TPSA) is 49.7 Å². The van der Waals surface area contributed by atoms with Gasteiger partial charge in [-0.2, -0.15) is 12.8 Å². The molecule has 3 aromatic carbocycles. The number of hydrogen-bond acceptors (Lipinski definition) is 3. The zero-order valence-corrected chi connectivity index (χ0v) is 19.2. The predicted molar refractivity (Wildman–Crippen MR) is 128 cm³/mol. The van der Waals surface area contributed by atoms with Gasteiger partial charge in [0.1, 0.15) is 0 Å². The minimum Gasteiger partial charge on any atom is -0.287 e. The Morgan fingerprint density at radius 2 is 1.29 bits per heavy atom. The van der Waals surface area contributed by atoms with Crippen LogP contribution in [0, 0.1) is 12.8 Å². The number of hydrogen-bond donors (Lipinski definition) is 0. The Bertz CT molecular complexity index is 1040. The van der Waals surface area contributed by atoms with Crippen molar-refractivity contribution in [2.24, 2.45) is 10.3 Å². The zero-order valence-electron chi connectivity index (χ0n) is 18.3. The van der Waals surface area contributed by atoms with E-state index in [0.29, 0.717) is 13.1 Å². The molecule has 5 heteroatoms. The van der Waals surface area contributed by atoms with Crippen LogP contribution in [0.15, 0.2) is 94.2 Å². The Balaban J connectivity index is 1.90. The summed E-state index contributed by atoms with van der Waals surface area (Å²) in [7, 11) is -3.74. The van der Waals surface area contributed by atoms with Crippen molar-refractivity contribution in [2.45, 2.75) is 44.8 Å². The Hall–Kier alpha value is -2.76. The van der Waals surface area contributed by atoms with E-state index in [1.807, 2.05) is 43.3 Å². The van der Waals surface area contributed by atoms with Crippen molar-refractivity contribution in [1.82, 2.24) is 4.90 Å². The van der Waals surface area contributed by atoms with E-state index in [-0.39, 0.29) is 16.9 Å². The van der Waals surface area contributed by atoms with E-state index in [2.05, 4.69) is 47.4 Å². The number of sulfonamides is 1. The molecule has 0 unspecified atom stereocenters. The van der Waals surface area contributed by atoms with Gasteiger partial charge in [-0.3, -0.25) is 4.90 Å². The Kier molecular flexibility index (Phi) is 7.77. The number of nitrogens with zero attached hydrogens (tertiary/aromatic N) is 2. The van der Waals surface area contributed by atoms with E-state index < -0.39 is 10.0 Å². The molecule has 0 saturated carbocycles. The summed E-state index contributed by atoms with van der Waals surface area (Å²) >= 11 is 0. The molecule has 0 aliphatic heterocycles. The number of benzene rings is 3. The molecule has 1 atom stereocenters. The summed E-state index contributed by atoms with van der Waals surface area (Å²) in [5.41, 5.74) is 3.37. The molecule has 0 heterocycles. The number of aryl methyl sites for hydroxylation is 1. The van der Waals surface area contributed by atoms with Crippen molar-refractivity contribution in [3.63, 3.8) is 0 Å². The third-order valence-electron chi connectivity index (χ3n) is 5.23. The van der Waals surface area contributed by atoms with Crippen LogP contribution in [-0.4, -0.2) is 25.6 Å². The quantitative estimate of drug-likeness (QED) is 0.419. The van der Waals surface area contributed by atoms with Crippen molar-refractivity contribution in [3.8, 4) is 0 Å². The third kappa shape index (κ3) is 6.61. The van der Waals surface area contributed by atoms with E-state index in [1.54, 1.807) is 30.5 Å². The molecule has 0 aliphatic rings. The van der Waals surface area contributed by atoms with Gasteiger partial charge < -0.3 is 0 Å². The van der Waals surface area contributed by atoms with Gasteiger partial charge in [0.15, 0.2) is 0 Å². The van der Waals surface area contributed by atoms with E-state index in [0.717, 1.165) is 5.56 Å². The standard InChI is InChI=1S/C26H30N2O2S/c1-21(2)26(18-27-31(29,30)25-16-14-22(3)15-17-25)28(19-23-10-6-4-7-11-23)20-24-12-8-5-9-13-24/h4-18,21,26H,19-20H2,1-3H3/b27-18+/t26-/m1/s1. The van der Waals surface area contributed by atoms with Crippen LogP contribution in [0.4, 0.5) is 0 Å². The van der Waals surface area contributed by atoms with E-state index in [4.69, 9.17) is 0 Å². The van der Waals surface area contributed by atoms with Gasteiger partial charge in [0, 0.05) is 25.3 Å². The second-order valence-electron chi connectivity index (χ2n) is 8.15. The molecule has 0 radical (unpaired) electrons. The van der Waals surface area contributed by atoms with Crippen molar-refractivity contribution >= 4 is 16.2 Å². The molecule has 0 aromatic heterocycles. The molecule has 3 rings (SSSR count). The molecular formula is C26H30N2O2S. The molecule has 162 valence electrons. The van der Waals surface area contributed by atoms with Crippen LogP contribution in [0.1, 0.15) is 30.5 Å². The largest absolute Gasteiger partial charge is 0.287 e. The Morgan fingerprint density at radius 3 is 1.74 bits per heavy atom. The third-order valence-corrected chi connectivity index (χ3v) is 6.50. The highest BCUT2D eigenvalue weighted by Gasteiger charge is 2.22. The fourth-order valence-corrected chi connectivity index (χ4v) is 4.39. The van der Waals surface area contributed by atoms with Gasteiger partial charge in [0.05, 0.1) is 4.90 Å². The summed E-state index contributed by atoms with van der Waals surface area (Å²) in [4.78, 5) is 2.50. The summed E-state index contributed by atoms with van der Waals surface area (Å²) in [5, 5.41) is 0.